The molecule has 0 radical (unpaired) electrons. The van der Waals surface area contributed by atoms with Gasteiger partial charge in [0.25, 0.3) is 0 Å². The number of amides is 1. The molecule has 2 N–H and O–H groups in total. The minimum atomic E-state index is 0.246. The Labute approximate surface area is 91.8 Å². The number of carbonyl (C=O) groups excluding carboxylic acids is 1. The summed E-state index contributed by atoms with van der Waals surface area (Å²) < 4.78 is 5.53. The van der Waals surface area contributed by atoms with Crippen molar-refractivity contribution in [1.82, 2.24) is 4.90 Å². The van der Waals surface area contributed by atoms with Crippen LogP contribution in [0.5, 0.6) is 0 Å². The van der Waals surface area contributed by atoms with Gasteiger partial charge in [-0.3, -0.25) is 4.79 Å². The van der Waals surface area contributed by atoms with E-state index in [0.717, 1.165) is 39.0 Å². The molecule has 0 atom stereocenters. The van der Waals surface area contributed by atoms with Gasteiger partial charge in [-0.15, -0.1) is 0 Å². The molecule has 0 aromatic rings. The molecule has 0 bridgehead atoms. The van der Waals surface area contributed by atoms with Crippen LogP contribution < -0.4 is 5.73 Å². The van der Waals surface area contributed by atoms with E-state index >= 15 is 0 Å². The zero-order valence-electron chi connectivity index (χ0n) is 9.58. The zero-order valence-corrected chi connectivity index (χ0v) is 9.58. The summed E-state index contributed by atoms with van der Waals surface area (Å²) in [5, 5.41) is 0. The first-order chi connectivity index (χ1) is 7.27. The Kier molecular flexibility index (Phi) is 5.65. The molecule has 1 aliphatic heterocycles. The van der Waals surface area contributed by atoms with Gasteiger partial charge in [-0.2, -0.15) is 0 Å². The normalized spacial score (nSPS) is 18.1. The average Bonchev–Trinajstić information content (AvgIpc) is 2.27. The van der Waals surface area contributed by atoms with E-state index in [1.807, 2.05) is 11.8 Å². The summed E-state index contributed by atoms with van der Waals surface area (Å²) in [6.45, 7) is 5.06. The molecule has 1 fully saturated rings. The number of ether oxygens (including phenoxy) is 1. The Morgan fingerprint density at radius 2 is 2.13 bits per heavy atom. The largest absolute Gasteiger partial charge is 0.378 e. The second-order valence-corrected chi connectivity index (χ2v) is 3.93. The number of hydrogen-bond donors (Lipinski definition) is 1. The molecule has 15 heavy (non-hydrogen) atoms. The van der Waals surface area contributed by atoms with E-state index < -0.39 is 0 Å². The molecule has 1 aliphatic rings. The predicted molar refractivity (Wildman–Crippen MR) is 59.5 cm³/mol. The monoisotopic (exact) mass is 214 g/mol. The molecule has 4 heteroatoms. The Bertz CT molecular complexity index is 189. The third kappa shape index (κ3) is 4.18. The average molecular weight is 214 g/mol. The molecule has 4 nitrogen and oxygen atoms in total. The fraction of sp³-hybridized carbons (Fsp3) is 0.909. The first-order valence-corrected chi connectivity index (χ1v) is 5.87. The van der Waals surface area contributed by atoms with Gasteiger partial charge in [0.1, 0.15) is 0 Å². The van der Waals surface area contributed by atoms with Crippen LogP contribution in [0, 0.1) is 0 Å². The van der Waals surface area contributed by atoms with Gasteiger partial charge in [0, 0.05) is 26.1 Å². The van der Waals surface area contributed by atoms with Gasteiger partial charge >= 0.3 is 0 Å². The van der Waals surface area contributed by atoms with Gasteiger partial charge in [0.15, 0.2) is 0 Å². The molecular formula is C11H22N2O2. The van der Waals surface area contributed by atoms with Crippen LogP contribution in [0.3, 0.4) is 0 Å². The minimum absolute atomic E-state index is 0.246. The van der Waals surface area contributed by atoms with Crippen LogP contribution in [0.2, 0.25) is 0 Å². The van der Waals surface area contributed by atoms with E-state index in [1.54, 1.807) is 0 Å². The summed E-state index contributed by atoms with van der Waals surface area (Å²) in [6, 6.07) is 0. The van der Waals surface area contributed by atoms with E-state index in [9.17, 15) is 4.79 Å². The number of rotatable bonds is 5. The van der Waals surface area contributed by atoms with E-state index in [1.165, 1.54) is 0 Å². The Balaban J connectivity index is 2.21. The quantitative estimate of drug-likeness (QED) is 0.735. The van der Waals surface area contributed by atoms with Crippen LogP contribution in [0.15, 0.2) is 0 Å². The molecule has 0 aromatic carbocycles. The number of carbonyl (C=O) groups is 1. The molecule has 0 aromatic heterocycles. The summed E-state index contributed by atoms with van der Waals surface area (Å²) in [5.41, 5.74) is 5.38. The summed E-state index contributed by atoms with van der Waals surface area (Å²) in [7, 11) is 0. The molecule has 88 valence electrons. The topological polar surface area (TPSA) is 55.6 Å². The maximum absolute atomic E-state index is 11.7. The molecule has 1 rings (SSSR count). The third-order valence-electron chi connectivity index (χ3n) is 2.79. The van der Waals surface area contributed by atoms with Gasteiger partial charge in [0.2, 0.25) is 5.91 Å². The maximum atomic E-state index is 11.7. The van der Waals surface area contributed by atoms with Crippen LogP contribution in [0.1, 0.15) is 32.6 Å². The van der Waals surface area contributed by atoms with Crippen molar-refractivity contribution in [1.29, 1.82) is 0 Å². The van der Waals surface area contributed by atoms with Crippen molar-refractivity contribution in [2.45, 2.75) is 38.7 Å². The van der Waals surface area contributed by atoms with Gasteiger partial charge in [0.05, 0.1) is 6.10 Å². The van der Waals surface area contributed by atoms with Gasteiger partial charge < -0.3 is 15.4 Å². The van der Waals surface area contributed by atoms with E-state index in [2.05, 4.69) is 0 Å². The highest BCUT2D eigenvalue weighted by molar-refractivity contribution is 5.76. The highest BCUT2D eigenvalue weighted by Gasteiger charge is 2.22. The van der Waals surface area contributed by atoms with Crippen LogP contribution in [0.25, 0.3) is 0 Å². The lowest BCUT2D eigenvalue weighted by molar-refractivity contribution is -0.133. The predicted octanol–water partition coefficient (Wildman–Crippen LogP) is 0.753. The molecule has 1 heterocycles. The van der Waals surface area contributed by atoms with Crippen molar-refractivity contribution in [3.8, 4) is 0 Å². The molecule has 0 aliphatic carbocycles. The first-order valence-electron chi connectivity index (χ1n) is 5.87. The SMILES string of the molecule is CCOC1CCN(C(=O)CCCN)CC1. The third-order valence-corrected chi connectivity index (χ3v) is 2.79. The summed E-state index contributed by atoms with van der Waals surface area (Å²) in [6.07, 6.45) is 3.69. The maximum Gasteiger partial charge on any atom is 0.222 e. The van der Waals surface area contributed by atoms with Crippen LogP contribution >= 0.6 is 0 Å². The fourth-order valence-electron chi connectivity index (χ4n) is 1.92. The molecule has 0 spiro atoms. The molecular weight excluding hydrogens is 192 g/mol. The Hall–Kier alpha value is -0.610. The van der Waals surface area contributed by atoms with Gasteiger partial charge in [-0.05, 0) is 32.7 Å². The number of nitrogens with zero attached hydrogens (tertiary/aromatic N) is 1. The van der Waals surface area contributed by atoms with Gasteiger partial charge in [-0.25, -0.2) is 0 Å². The summed E-state index contributed by atoms with van der Waals surface area (Å²) in [5.74, 6) is 0.246. The van der Waals surface area contributed by atoms with Crippen molar-refractivity contribution in [3.63, 3.8) is 0 Å². The minimum Gasteiger partial charge on any atom is -0.378 e. The standard InChI is InChI=1S/C11H22N2O2/c1-2-15-10-5-8-13(9-6-10)11(14)4-3-7-12/h10H,2-9,12H2,1H3. The van der Waals surface area contributed by atoms with Crippen LogP contribution in [-0.4, -0.2) is 43.2 Å². The number of nitrogens with two attached hydrogens (primary N) is 1. The fourth-order valence-corrected chi connectivity index (χ4v) is 1.92. The summed E-state index contributed by atoms with van der Waals surface area (Å²) in [4.78, 5) is 13.6. The smallest absolute Gasteiger partial charge is 0.222 e. The second-order valence-electron chi connectivity index (χ2n) is 3.93. The van der Waals surface area contributed by atoms with Crippen LogP contribution in [0.4, 0.5) is 0 Å². The lowest BCUT2D eigenvalue weighted by Crippen LogP contribution is -2.40. The van der Waals surface area contributed by atoms with E-state index in [-0.39, 0.29) is 5.91 Å². The van der Waals surface area contributed by atoms with Crippen LogP contribution in [-0.2, 0) is 9.53 Å². The first kappa shape index (κ1) is 12.5. The van der Waals surface area contributed by atoms with Gasteiger partial charge in [-0.1, -0.05) is 0 Å². The molecule has 1 amide bonds. The van der Waals surface area contributed by atoms with Crippen molar-refractivity contribution in [3.05, 3.63) is 0 Å². The molecule has 0 unspecified atom stereocenters. The number of piperidine rings is 1. The van der Waals surface area contributed by atoms with Crippen molar-refractivity contribution >= 4 is 5.91 Å². The highest BCUT2D eigenvalue weighted by atomic mass is 16.5. The zero-order chi connectivity index (χ0) is 11.1. The van der Waals surface area contributed by atoms with Crippen molar-refractivity contribution in [2.75, 3.05) is 26.2 Å². The Morgan fingerprint density at radius 1 is 1.47 bits per heavy atom. The van der Waals surface area contributed by atoms with E-state index in [0.29, 0.717) is 19.1 Å². The Morgan fingerprint density at radius 3 is 2.67 bits per heavy atom. The summed E-state index contributed by atoms with van der Waals surface area (Å²) >= 11 is 0. The lowest BCUT2D eigenvalue weighted by Gasteiger charge is -2.31. The van der Waals surface area contributed by atoms with Crippen molar-refractivity contribution in [2.24, 2.45) is 5.73 Å². The van der Waals surface area contributed by atoms with E-state index in [4.69, 9.17) is 10.5 Å². The van der Waals surface area contributed by atoms with Crippen molar-refractivity contribution < 1.29 is 9.53 Å². The molecule has 1 saturated heterocycles. The highest BCUT2D eigenvalue weighted by Crippen LogP contribution is 2.14. The number of hydrogen-bond acceptors (Lipinski definition) is 3. The molecule has 0 saturated carbocycles. The number of likely N-dealkylation sites (tertiary alicyclic amines) is 1. The second kappa shape index (κ2) is 6.80. The lowest BCUT2D eigenvalue weighted by atomic mass is 10.1.